The topological polar surface area (TPSA) is 42.4 Å². The molecule has 23 heavy (non-hydrogen) atoms. The highest BCUT2D eigenvalue weighted by Gasteiger charge is 2.46. The average molecular weight is 323 g/mol. The maximum atomic E-state index is 13.0. The number of aliphatic hydroxyl groups excluding tert-OH is 1. The van der Waals surface area contributed by atoms with Crippen LogP contribution in [0.3, 0.4) is 0 Å². The highest BCUT2D eigenvalue weighted by Crippen LogP contribution is 2.46. The Balaban J connectivity index is 2.05. The Kier molecular flexibility index (Phi) is 4.12. The number of aliphatic hydroxyl groups is 1. The van der Waals surface area contributed by atoms with Crippen LogP contribution in [0.2, 0.25) is 0 Å². The Labute approximate surface area is 131 Å². The molecule has 2 unspecified atom stereocenters. The summed E-state index contributed by atoms with van der Waals surface area (Å²) in [7, 11) is 0. The van der Waals surface area contributed by atoms with Gasteiger partial charge in [0.1, 0.15) is 11.7 Å². The summed E-state index contributed by atoms with van der Waals surface area (Å²) < 4.78 is 44.7. The second-order valence-corrected chi connectivity index (χ2v) is 5.58. The van der Waals surface area contributed by atoms with Gasteiger partial charge in [-0.05, 0) is 42.7 Å². The molecular weight excluding hydrogens is 307 g/mol. The summed E-state index contributed by atoms with van der Waals surface area (Å²) in [5, 5.41) is 10.7. The number of aromatic nitrogens is 1. The maximum absolute atomic E-state index is 13.0. The molecule has 1 aliphatic rings. The Morgan fingerprint density at radius 1 is 1.17 bits per heavy atom. The molecule has 1 aromatic carbocycles. The van der Waals surface area contributed by atoms with Crippen LogP contribution in [0.1, 0.15) is 35.8 Å². The first-order chi connectivity index (χ1) is 10.9. The van der Waals surface area contributed by atoms with E-state index < -0.39 is 23.4 Å². The lowest BCUT2D eigenvalue weighted by Crippen LogP contribution is -2.33. The van der Waals surface area contributed by atoms with Gasteiger partial charge in [0, 0.05) is 12.8 Å². The van der Waals surface area contributed by atoms with Crippen LogP contribution in [0.25, 0.3) is 0 Å². The van der Waals surface area contributed by atoms with E-state index in [0.717, 1.165) is 12.1 Å². The fourth-order valence-corrected chi connectivity index (χ4v) is 3.00. The van der Waals surface area contributed by atoms with Gasteiger partial charge in [0.05, 0.1) is 11.3 Å². The van der Waals surface area contributed by atoms with Crippen LogP contribution < -0.4 is 0 Å². The number of pyridine rings is 1. The first-order valence-electron chi connectivity index (χ1n) is 7.34. The van der Waals surface area contributed by atoms with Crippen LogP contribution >= 0.6 is 0 Å². The summed E-state index contributed by atoms with van der Waals surface area (Å²) in [4.78, 5) is 4.11. The average Bonchev–Trinajstić information content (AvgIpc) is 3.05. The fourth-order valence-electron chi connectivity index (χ4n) is 3.00. The minimum absolute atomic E-state index is 0.322. The van der Waals surface area contributed by atoms with Crippen LogP contribution in [0.15, 0.2) is 48.7 Å². The smallest absolute Gasteiger partial charge is 0.383 e. The second-order valence-electron chi connectivity index (χ2n) is 5.58. The molecule has 1 saturated heterocycles. The number of alkyl halides is 3. The molecule has 1 fully saturated rings. The minimum atomic E-state index is -4.44. The van der Waals surface area contributed by atoms with Crippen LogP contribution in [0.5, 0.6) is 0 Å². The van der Waals surface area contributed by atoms with Gasteiger partial charge >= 0.3 is 6.18 Å². The highest BCUT2D eigenvalue weighted by molar-refractivity contribution is 5.33. The van der Waals surface area contributed by atoms with E-state index >= 15 is 0 Å². The molecule has 0 spiro atoms. The van der Waals surface area contributed by atoms with Crippen molar-refractivity contribution in [1.29, 1.82) is 0 Å². The van der Waals surface area contributed by atoms with Gasteiger partial charge in [0.15, 0.2) is 0 Å². The standard InChI is InChI=1S/C17H16F3NO2/c18-17(19,20)13-6-3-5-12(11-13)16(8-4-10-23-16)15(22)14-7-1-2-9-21-14/h1-3,5-7,9,11,15,22H,4,8,10H2. The van der Waals surface area contributed by atoms with Gasteiger partial charge in [0.2, 0.25) is 0 Å². The zero-order valence-electron chi connectivity index (χ0n) is 12.3. The molecule has 6 heteroatoms. The van der Waals surface area contributed by atoms with Crippen LogP contribution in [-0.2, 0) is 16.5 Å². The van der Waals surface area contributed by atoms with Gasteiger partial charge in [-0.2, -0.15) is 13.2 Å². The lowest BCUT2D eigenvalue weighted by molar-refractivity contribution is -0.138. The number of rotatable bonds is 3. The summed E-state index contributed by atoms with van der Waals surface area (Å²) in [6, 6.07) is 10.0. The van der Waals surface area contributed by atoms with E-state index in [9.17, 15) is 18.3 Å². The van der Waals surface area contributed by atoms with E-state index in [1.807, 2.05) is 0 Å². The van der Waals surface area contributed by atoms with Crippen LogP contribution in [0, 0.1) is 0 Å². The van der Waals surface area contributed by atoms with Crippen molar-refractivity contribution in [2.45, 2.75) is 30.7 Å². The van der Waals surface area contributed by atoms with E-state index in [2.05, 4.69) is 4.98 Å². The maximum Gasteiger partial charge on any atom is 0.416 e. The SMILES string of the molecule is OC(c1ccccn1)C1(c2cccc(C(F)(F)F)c2)CCCO1. The second kappa shape index (κ2) is 5.94. The third-order valence-electron chi connectivity index (χ3n) is 4.14. The molecular formula is C17H16F3NO2. The number of benzene rings is 1. The van der Waals surface area contributed by atoms with Gasteiger partial charge in [-0.3, -0.25) is 4.98 Å². The number of ether oxygens (including phenoxy) is 1. The van der Waals surface area contributed by atoms with Crippen LogP contribution in [0.4, 0.5) is 13.2 Å². The van der Waals surface area contributed by atoms with Gasteiger partial charge in [-0.1, -0.05) is 18.2 Å². The Morgan fingerprint density at radius 3 is 2.61 bits per heavy atom. The summed E-state index contributed by atoms with van der Waals surface area (Å²) in [6.07, 6.45) is -2.93. The first-order valence-corrected chi connectivity index (χ1v) is 7.34. The van der Waals surface area contributed by atoms with Crippen molar-refractivity contribution in [2.75, 3.05) is 6.61 Å². The molecule has 0 radical (unpaired) electrons. The molecule has 1 aromatic heterocycles. The Hall–Kier alpha value is -1.92. The minimum Gasteiger partial charge on any atom is -0.383 e. The number of hydrogen-bond donors (Lipinski definition) is 1. The van der Waals surface area contributed by atoms with Gasteiger partial charge in [0.25, 0.3) is 0 Å². The van der Waals surface area contributed by atoms with E-state index in [0.29, 0.717) is 30.7 Å². The molecule has 0 saturated carbocycles. The number of nitrogens with zero attached hydrogens (tertiary/aromatic N) is 1. The predicted octanol–water partition coefficient (Wildman–Crippen LogP) is 3.84. The molecule has 2 aromatic rings. The zero-order valence-corrected chi connectivity index (χ0v) is 12.3. The highest BCUT2D eigenvalue weighted by atomic mass is 19.4. The van der Waals surface area contributed by atoms with Gasteiger partial charge in [-0.25, -0.2) is 0 Å². The molecule has 0 bridgehead atoms. The summed E-state index contributed by atoms with van der Waals surface area (Å²) in [6.45, 7) is 0.389. The predicted molar refractivity (Wildman–Crippen MR) is 77.5 cm³/mol. The van der Waals surface area contributed by atoms with E-state index in [1.165, 1.54) is 12.3 Å². The van der Waals surface area contributed by atoms with E-state index in [1.54, 1.807) is 24.3 Å². The van der Waals surface area contributed by atoms with Crippen molar-refractivity contribution >= 4 is 0 Å². The lowest BCUT2D eigenvalue weighted by atomic mass is 9.83. The lowest BCUT2D eigenvalue weighted by Gasteiger charge is -2.34. The third-order valence-corrected chi connectivity index (χ3v) is 4.14. The molecule has 2 heterocycles. The molecule has 1 aliphatic heterocycles. The summed E-state index contributed by atoms with van der Waals surface area (Å²) >= 11 is 0. The number of hydrogen-bond acceptors (Lipinski definition) is 3. The van der Waals surface area contributed by atoms with Crippen molar-refractivity contribution in [3.05, 3.63) is 65.5 Å². The quantitative estimate of drug-likeness (QED) is 0.933. The number of halogens is 3. The summed E-state index contributed by atoms with van der Waals surface area (Å²) in [5.74, 6) is 0. The van der Waals surface area contributed by atoms with Crippen LogP contribution in [-0.4, -0.2) is 16.7 Å². The Bertz CT molecular complexity index is 667. The van der Waals surface area contributed by atoms with E-state index in [4.69, 9.17) is 4.74 Å². The molecule has 122 valence electrons. The van der Waals surface area contributed by atoms with Gasteiger partial charge < -0.3 is 9.84 Å². The van der Waals surface area contributed by atoms with Crippen molar-refractivity contribution in [1.82, 2.24) is 4.98 Å². The largest absolute Gasteiger partial charge is 0.416 e. The first kappa shape index (κ1) is 16.0. The van der Waals surface area contributed by atoms with Crippen molar-refractivity contribution in [3.8, 4) is 0 Å². The van der Waals surface area contributed by atoms with Crippen molar-refractivity contribution in [2.24, 2.45) is 0 Å². The normalized spacial score (nSPS) is 23.0. The van der Waals surface area contributed by atoms with Gasteiger partial charge in [-0.15, -0.1) is 0 Å². The molecule has 0 amide bonds. The van der Waals surface area contributed by atoms with E-state index in [-0.39, 0.29) is 0 Å². The monoisotopic (exact) mass is 323 g/mol. The molecule has 2 atom stereocenters. The molecule has 0 aliphatic carbocycles. The third kappa shape index (κ3) is 2.96. The van der Waals surface area contributed by atoms with Crippen molar-refractivity contribution < 1.29 is 23.0 Å². The summed E-state index contributed by atoms with van der Waals surface area (Å²) in [5.41, 5.74) is -1.25. The van der Waals surface area contributed by atoms with Crippen molar-refractivity contribution in [3.63, 3.8) is 0 Å². The fraction of sp³-hybridized carbons (Fsp3) is 0.353. The zero-order chi connectivity index (χ0) is 16.5. The molecule has 3 rings (SSSR count). The molecule has 3 nitrogen and oxygen atoms in total. The Morgan fingerprint density at radius 2 is 2.00 bits per heavy atom. The molecule has 1 N–H and O–H groups in total.